The van der Waals surface area contributed by atoms with Crippen molar-refractivity contribution >= 4 is 11.9 Å². The topological polar surface area (TPSA) is 84.2 Å². The van der Waals surface area contributed by atoms with E-state index >= 15 is 0 Å². The highest BCUT2D eigenvalue weighted by Crippen LogP contribution is 2.08. The summed E-state index contributed by atoms with van der Waals surface area (Å²) in [5.41, 5.74) is 1.37. The van der Waals surface area contributed by atoms with Gasteiger partial charge in [-0.2, -0.15) is 5.10 Å². The molecule has 1 heterocycles. The van der Waals surface area contributed by atoms with E-state index < -0.39 is 5.97 Å². The molecule has 0 radical (unpaired) electrons. The van der Waals surface area contributed by atoms with Gasteiger partial charge < -0.3 is 10.4 Å². The maximum atomic E-state index is 12.1. The fraction of sp³-hybridized carbons (Fsp3) is 0.615. The van der Waals surface area contributed by atoms with Crippen LogP contribution in [-0.4, -0.2) is 32.8 Å². The molecule has 0 bridgehead atoms. The van der Waals surface area contributed by atoms with Gasteiger partial charge in [-0.05, 0) is 26.2 Å². The number of aliphatic carboxylic acids is 1. The Bertz CT molecular complexity index is 454. The summed E-state index contributed by atoms with van der Waals surface area (Å²) >= 11 is 0. The molecule has 1 unspecified atom stereocenters. The van der Waals surface area contributed by atoms with Gasteiger partial charge in [-0.3, -0.25) is 14.3 Å². The van der Waals surface area contributed by atoms with Gasteiger partial charge in [0.1, 0.15) is 0 Å². The second-order valence-corrected chi connectivity index (χ2v) is 4.68. The minimum atomic E-state index is -0.806. The molecule has 1 atom stereocenters. The van der Waals surface area contributed by atoms with Gasteiger partial charge in [0.2, 0.25) is 0 Å². The van der Waals surface area contributed by atoms with Crippen molar-refractivity contribution in [3.05, 3.63) is 17.5 Å². The molecule has 106 valence electrons. The summed E-state index contributed by atoms with van der Waals surface area (Å²) in [7, 11) is 1.78. The SMILES string of the molecule is CCc1nn(C)cc1C(=O)NC(C)CCCC(=O)O. The van der Waals surface area contributed by atoms with Crippen molar-refractivity contribution in [2.75, 3.05) is 0 Å². The normalized spacial score (nSPS) is 12.2. The Morgan fingerprint density at radius 1 is 1.53 bits per heavy atom. The van der Waals surface area contributed by atoms with Crippen LogP contribution in [0.15, 0.2) is 6.20 Å². The number of nitrogens with zero attached hydrogens (tertiary/aromatic N) is 2. The predicted molar refractivity (Wildman–Crippen MR) is 71.0 cm³/mol. The smallest absolute Gasteiger partial charge is 0.303 e. The molecule has 1 amide bonds. The Morgan fingerprint density at radius 2 is 2.21 bits per heavy atom. The number of carboxylic acid groups (broad SMARTS) is 1. The molecular weight excluding hydrogens is 246 g/mol. The highest BCUT2D eigenvalue weighted by atomic mass is 16.4. The molecule has 2 N–H and O–H groups in total. The standard InChI is InChI=1S/C13H21N3O3/c1-4-11-10(8-16(3)15-11)13(19)14-9(2)6-5-7-12(17)18/h8-9H,4-7H2,1-3H3,(H,14,19)(H,17,18). The van der Waals surface area contributed by atoms with Gasteiger partial charge in [-0.25, -0.2) is 0 Å². The maximum Gasteiger partial charge on any atom is 0.303 e. The van der Waals surface area contributed by atoms with E-state index in [4.69, 9.17) is 5.11 Å². The number of carboxylic acids is 1. The minimum absolute atomic E-state index is 0.0447. The Balaban J connectivity index is 2.51. The van der Waals surface area contributed by atoms with Crippen molar-refractivity contribution in [3.63, 3.8) is 0 Å². The van der Waals surface area contributed by atoms with Crippen LogP contribution < -0.4 is 5.32 Å². The van der Waals surface area contributed by atoms with Crippen LogP contribution in [-0.2, 0) is 18.3 Å². The van der Waals surface area contributed by atoms with E-state index in [-0.39, 0.29) is 18.4 Å². The van der Waals surface area contributed by atoms with Crippen LogP contribution in [0.4, 0.5) is 0 Å². The van der Waals surface area contributed by atoms with E-state index in [2.05, 4.69) is 10.4 Å². The van der Waals surface area contributed by atoms with E-state index in [1.807, 2.05) is 13.8 Å². The summed E-state index contributed by atoms with van der Waals surface area (Å²) in [6.07, 6.45) is 3.76. The van der Waals surface area contributed by atoms with Crippen LogP contribution in [0.2, 0.25) is 0 Å². The highest BCUT2D eigenvalue weighted by Gasteiger charge is 2.16. The summed E-state index contributed by atoms with van der Waals surface area (Å²) in [6, 6.07) is -0.0447. The first-order valence-electron chi connectivity index (χ1n) is 6.49. The van der Waals surface area contributed by atoms with Crippen molar-refractivity contribution < 1.29 is 14.7 Å². The fourth-order valence-electron chi connectivity index (χ4n) is 1.92. The lowest BCUT2D eigenvalue weighted by atomic mass is 10.1. The van der Waals surface area contributed by atoms with Gasteiger partial charge in [0.25, 0.3) is 5.91 Å². The summed E-state index contributed by atoms with van der Waals surface area (Å²) in [5, 5.41) is 15.7. The van der Waals surface area contributed by atoms with Crippen molar-refractivity contribution in [1.82, 2.24) is 15.1 Å². The van der Waals surface area contributed by atoms with Gasteiger partial charge >= 0.3 is 5.97 Å². The number of hydrogen-bond donors (Lipinski definition) is 2. The number of carbonyl (C=O) groups excluding carboxylic acids is 1. The fourth-order valence-corrected chi connectivity index (χ4v) is 1.92. The third kappa shape index (κ3) is 4.73. The molecule has 1 aromatic heterocycles. The molecule has 19 heavy (non-hydrogen) atoms. The quantitative estimate of drug-likeness (QED) is 0.781. The summed E-state index contributed by atoms with van der Waals surface area (Å²) in [6.45, 7) is 3.83. The molecule has 0 spiro atoms. The maximum absolute atomic E-state index is 12.1. The van der Waals surface area contributed by atoms with Crippen molar-refractivity contribution in [2.45, 2.75) is 45.6 Å². The van der Waals surface area contributed by atoms with E-state index in [1.54, 1.807) is 17.9 Å². The second-order valence-electron chi connectivity index (χ2n) is 4.68. The largest absolute Gasteiger partial charge is 0.481 e. The average molecular weight is 267 g/mol. The molecular formula is C13H21N3O3. The van der Waals surface area contributed by atoms with Crippen LogP contribution in [0.25, 0.3) is 0 Å². The molecule has 0 aliphatic rings. The predicted octanol–water partition coefficient (Wildman–Crippen LogP) is 1.36. The van der Waals surface area contributed by atoms with Gasteiger partial charge in [0.05, 0.1) is 11.3 Å². The van der Waals surface area contributed by atoms with E-state index in [0.717, 1.165) is 5.69 Å². The first-order valence-corrected chi connectivity index (χ1v) is 6.49. The van der Waals surface area contributed by atoms with E-state index in [0.29, 0.717) is 24.8 Å². The molecule has 0 saturated heterocycles. The Kier molecular flexibility index (Phi) is 5.54. The van der Waals surface area contributed by atoms with Gasteiger partial charge in [0.15, 0.2) is 0 Å². The number of hydrogen-bond acceptors (Lipinski definition) is 3. The highest BCUT2D eigenvalue weighted by molar-refractivity contribution is 5.95. The monoisotopic (exact) mass is 267 g/mol. The van der Waals surface area contributed by atoms with E-state index in [1.165, 1.54) is 0 Å². The van der Waals surface area contributed by atoms with Crippen LogP contribution in [0, 0.1) is 0 Å². The number of aromatic nitrogens is 2. The zero-order chi connectivity index (χ0) is 14.4. The zero-order valence-electron chi connectivity index (χ0n) is 11.6. The van der Waals surface area contributed by atoms with Crippen molar-refractivity contribution in [2.24, 2.45) is 7.05 Å². The Morgan fingerprint density at radius 3 is 2.79 bits per heavy atom. The number of amides is 1. The van der Waals surface area contributed by atoms with Crippen LogP contribution in [0.1, 0.15) is 49.2 Å². The lowest BCUT2D eigenvalue weighted by molar-refractivity contribution is -0.137. The third-order valence-electron chi connectivity index (χ3n) is 2.89. The molecule has 6 heteroatoms. The molecule has 0 saturated carbocycles. The van der Waals surface area contributed by atoms with Crippen molar-refractivity contribution in [1.29, 1.82) is 0 Å². The molecule has 0 aliphatic heterocycles. The summed E-state index contributed by atoms with van der Waals surface area (Å²) in [5.74, 6) is -0.952. The molecule has 1 aromatic rings. The average Bonchev–Trinajstić information content (AvgIpc) is 2.70. The number of carbonyl (C=O) groups is 2. The molecule has 1 rings (SSSR count). The van der Waals surface area contributed by atoms with Crippen LogP contribution >= 0.6 is 0 Å². The van der Waals surface area contributed by atoms with Crippen molar-refractivity contribution in [3.8, 4) is 0 Å². The third-order valence-corrected chi connectivity index (χ3v) is 2.89. The Hall–Kier alpha value is -1.85. The second kappa shape index (κ2) is 6.92. The first kappa shape index (κ1) is 15.2. The van der Waals surface area contributed by atoms with Gasteiger partial charge in [-0.1, -0.05) is 6.92 Å². The first-order chi connectivity index (χ1) is 8.93. The lowest BCUT2D eigenvalue weighted by Gasteiger charge is -2.12. The van der Waals surface area contributed by atoms with Crippen LogP contribution in [0.3, 0.4) is 0 Å². The minimum Gasteiger partial charge on any atom is -0.481 e. The van der Waals surface area contributed by atoms with Crippen LogP contribution in [0.5, 0.6) is 0 Å². The summed E-state index contributed by atoms with van der Waals surface area (Å²) < 4.78 is 1.63. The molecule has 0 fully saturated rings. The number of nitrogens with one attached hydrogen (secondary N) is 1. The molecule has 6 nitrogen and oxygen atoms in total. The van der Waals surface area contributed by atoms with Gasteiger partial charge in [-0.15, -0.1) is 0 Å². The molecule has 0 aliphatic carbocycles. The number of aryl methyl sites for hydroxylation is 2. The molecule has 0 aromatic carbocycles. The lowest BCUT2D eigenvalue weighted by Crippen LogP contribution is -2.32. The Labute approximate surface area is 112 Å². The van der Waals surface area contributed by atoms with E-state index in [9.17, 15) is 9.59 Å². The number of rotatable bonds is 7. The summed E-state index contributed by atoms with van der Waals surface area (Å²) in [4.78, 5) is 22.5. The zero-order valence-corrected chi connectivity index (χ0v) is 11.6. The van der Waals surface area contributed by atoms with Gasteiger partial charge in [0, 0.05) is 25.7 Å².